The largest absolute Gasteiger partial charge is 0.358 e. The van der Waals surface area contributed by atoms with Crippen LogP contribution in [0, 0.1) is 0 Å². The minimum absolute atomic E-state index is 0.00134. The maximum Gasteiger partial charge on any atom is 0.176 e. The second-order valence-electron chi connectivity index (χ2n) is 2.60. The van der Waals surface area contributed by atoms with Gasteiger partial charge in [0.1, 0.15) is 0 Å². The van der Waals surface area contributed by atoms with Crippen molar-refractivity contribution in [2.75, 3.05) is 0 Å². The van der Waals surface area contributed by atoms with Crippen molar-refractivity contribution in [1.29, 1.82) is 0 Å². The lowest BCUT2D eigenvalue weighted by Crippen LogP contribution is -2.03. The fourth-order valence-electron chi connectivity index (χ4n) is 1.08. The monoisotopic (exact) mass is 165 g/mol. The third kappa shape index (κ3) is 1.44. The first-order chi connectivity index (χ1) is 5.66. The van der Waals surface area contributed by atoms with Crippen LogP contribution >= 0.6 is 0 Å². The molecule has 1 aromatic heterocycles. The van der Waals surface area contributed by atoms with Crippen LogP contribution in [-0.4, -0.2) is 16.6 Å². The number of ketones is 2. The molecule has 1 rings (SSSR count). The Labute approximate surface area is 70.8 Å². The normalized spacial score (nSPS) is 9.83. The minimum atomic E-state index is -0.100. The second kappa shape index (κ2) is 3.34. The van der Waals surface area contributed by atoms with Gasteiger partial charge in [-0.25, -0.2) is 0 Å². The van der Waals surface area contributed by atoms with E-state index in [-0.39, 0.29) is 11.6 Å². The van der Waals surface area contributed by atoms with Crippen LogP contribution in [0.25, 0.3) is 0 Å². The van der Waals surface area contributed by atoms with E-state index in [1.807, 2.05) is 0 Å². The number of carbonyl (C=O) groups excluding carboxylic acids is 2. The molecule has 0 bridgehead atoms. The van der Waals surface area contributed by atoms with E-state index in [2.05, 4.69) is 4.98 Å². The summed E-state index contributed by atoms with van der Waals surface area (Å²) in [6, 6.07) is 1.64. The summed E-state index contributed by atoms with van der Waals surface area (Å²) >= 11 is 0. The summed E-state index contributed by atoms with van der Waals surface area (Å²) in [5.74, 6) is -0.0988. The fourth-order valence-corrected chi connectivity index (χ4v) is 1.08. The molecule has 0 unspecified atom stereocenters. The van der Waals surface area contributed by atoms with E-state index in [4.69, 9.17) is 0 Å². The molecule has 0 aliphatic carbocycles. The van der Waals surface area contributed by atoms with E-state index in [1.54, 1.807) is 19.2 Å². The number of H-pyrrole nitrogens is 1. The van der Waals surface area contributed by atoms with Crippen molar-refractivity contribution in [2.45, 2.75) is 20.3 Å². The quantitative estimate of drug-likeness (QED) is 0.694. The fraction of sp³-hybridized carbons (Fsp3) is 0.333. The van der Waals surface area contributed by atoms with E-state index in [1.165, 1.54) is 6.92 Å². The summed E-state index contributed by atoms with van der Waals surface area (Å²) in [6.45, 7) is 3.22. The van der Waals surface area contributed by atoms with Crippen molar-refractivity contribution < 1.29 is 9.59 Å². The number of Topliss-reactive ketones (excluding diaryl/α,β-unsaturated/α-hetero) is 2. The van der Waals surface area contributed by atoms with Gasteiger partial charge >= 0.3 is 0 Å². The average Bonchev–Trinajstić information content (AvgIpc) is 2.50. The number of aromatic nitrogens is 1. The first-order valence-electron chi connectivity index (χ1n) is 3.88. The Morgan fingerprint density at radius 1 is 1.50 bits per heavy atom. The molecule has 0 saturated heterocycles. The third-order valence-corrected chi connectivity index (χ3v) is 1.72. The molecule has 0 aliphatic rings. The molecule has 0 radical (unpaired) electrons. The van der Waals surface area contributed by atoms with Crippen LogP contribution in [0.5, 0.6) is 0 Å². The van der Waals surface area contributed by atoms with Crippen LogP contribution in [0.2, 0.25) is 0 Å². The number of rotatable bonds is 3. The molecular weight excluding hydrogens is 154 g/mol. The maximum absolute atomic E-state index is 11.2. The smallest absolute Gasteiger partial charge is 0.176 e. The number of carbonyl (C=O) groups is 2. The van der Waals surface area contributed by atoms with Crippen molar-refractivity contribution >= 4 is 11.6 Å². The number of hydrogen-bond acceptors (Lipinski definition) is 2. The summed E-state index contributed by atoms with van der Waals surface area (Å²) in [4.78, 5) is 24.9. The first kappa shape index (κ1) is 8.71. The molecule has 0 spiro atoms. The van der Waals surface area contributed by atoms with Gasteiger partial charge in [0.25, 0.3) is 0 Å². The van der Waals surface area contributed by atoms with Crippen molar-refractivity contribution in [1.82, 2.24) is 4.98 Å². The highest BCUT2D eigenvalue weighted by atomic mass is 16.1. The highest BCUT2D eigenvalue weighted by molar-refractivity contribution is 6.06. The van der Waals surface area contributed by atoms with E-state index >= 15 is 0 Å². The Hall–Kier alpha value is -1.38. The average molecular weight is 165 g/mol. The van der Waals surface area contributed by atoms with Gasteiger partial charge in [-0.1, -0.05) is 6.92 Å². The van der Waals surface area contributed by atoms with Crippen LogP contribution in [0.4, 0.5) is 0 Å². The van der Waals surface area contributed by atoms with Crippen LogP contribution < -0.4 is 0 Å². The van der Waals surface area contributed by atoms with Crippen LogP contribution in [0.1, 0.15) is 41.1 Å². The molecule has 0 atom stereocenters. The molecule has 1 N–H and O–H groups in total. The van der Waals surface area contributed by atoms with Gasteiger partial charge in [-0.2, -0.15) is 0 Å². The molecule has 1 heterocycles. The summed E-state index contributed by atoms with van der Waals surface area (Å²) in [7, 11) is 0. The van der Waals surface area contributed by atoms with Crippen molar-refractivity contribution in [2.24, 2.45) is 0 Å². The SMILES string of the molecule is CCC(=O)c1cc[nH]c1C(C)=O. The number of hydrogen-bond donors (Lipinski definition) is 1. The number of aromatic amines is 1. The molecule has 0 aromatic carbocycles. The van der Waals surface area contributed by atoms with Crippen LogP contribution in [0.3, 0.4) is 0 Å². The topological polar surface area (TPSA) is 49.9 Å². The van der Waals surface area contributed by atoms with E-state index in [0.717, 1.165) is 0 Å². The Morgan fingerprint density at radius 3 is 2.67 bits per heavy atom. The number of nitrogens with one attached hydrogen (secondary N) is 1. The predicted molar refractivity (Wildman–Crippen MR) is 45.4 cm³/mol. The van der Waals surface area contributed by atoms with Gasteiger partial charge in [-0.3, -0.25) is 9.59 Å². The Kier molecular flexibility index (Phi) is 2.43. The molecule has 3 heteroatoms. The second-order valence-corrected chi connectivity index (χ2v) is 2.60. The zero-order chi connectivity index (χ0) is 9.14. The lowest BCUT2D eigenvalue weighted by atomic mass is 10.1. The van der Waals surface area contributed by atoms with Crippen LogP contribution in [-0.2, 0) is 0 Å². The van der Waals surface area contributed by atoms with Gasteiger partial charge in [0.2, 0.25) is 0 Å². The van der Waals surface area contributed by atoms with Gasteiger partial charge in [0, 0.05) is 25.1 Å². The van der Waals surface area contributed by atoms with Crippen molar-refractivity contribution in [3.8, 4) is 0 Å². The Bertz CT molecular complexity index is 312. The Balaban J connectivity index is 3.07. The van der Waals surface area contributed by atoms with Crippen LogP contribution in [0.15, 0.2) is 12.3 Å². The highest BCUT2D eigenvalue weighted by Crippen LogP contribution is 2.09. The zero-order valence-electron chi connectivity index (χ0n) is 7.18. The van der Waals surface area contributed by atoms with Gasteiger partial charge in [-0.05, 0) is 6.07 Å². The first-order valence-corrected chi connectivity index (χ1v) is 3.88. The van der Waals surface area contributed by atoms with Gasteiger partial charge in [0.05, 0.1) is 5.69 Å². The summed E-state index contributed by atoms with van der Waals surface area (Å²) in [5, 5.41) is 0. The predicted octanol–water partition coefficient (Wildman–Crippen LogP) is 1.81. The molecule has 0 fully saturated rings. The highest BCUT2D eigenvalue weighted by Gasteiger charge is 2.13. The maximum atomic E-state index is 11.2. The standard InChI is InChI=1S/C9H11NO2/c1-3-8(12)7-4-5-10-9(7)6(2)11/h4-5,10H,3H2,1-2H3. The van der Waals surface area contributed by atoms with Gasteiger partial charge in [-0.15, -0.1) is 0 Å². The minimum Gasteiger partial charge on any atom is -0.358 e. The van der Waals surface area contributed by atoms with E-state index < -0.39 is 0 Å². The van der Waals surface area contributed by atoms with Crippen molar-refractivity contribution in [3.63, 3.8) is 0 Å². The zero-order valence-corrected chi connectivity index (χ0v) is 7.18. The third-order valence-electron chi connectivity index (χ3n) is 1.72. The van der Waals surface area contributed by atoms with Gasteiger partial charge in [0.15, 0.2) is 11.6 Å². The molecular formula is C9H11NO2. The molecule has 3 nitrogen and oxygen atoms in total. The van der Waals surface area contributed by atoms with E-state index in [9.17, 15) is 9.59 Å². The summed E-state index contributed by atoms with van der Waals surface area (Å²) < 4.78 is 0. The molecule has 0 saturated carbocycles. The molecule has 1 aromatic rings. The van der Waals surface area contributed by atoms with E-state index in [0.29, 0.717) is 17.7 Å². The lowest BCUT2D eigenvalue weighted by molar-refractivity contribution is 0.0964. The molecule has 0 aliphatic heterocycles. The Morgan fingerprint density at radius 2 is 2.17 bits per heavy atom. The summed E-state index contributed by atoms with van der Waals surface area (Å²) in [6.07, 6.45) is 2.04. The summed E-state index contributed by atoms with van der Waals surface area (Å²) in [5.41, 5.74) is 0.923. The molecule has 0 amide bonds. The van der Waals surface area contributed by atoms with Gasteiger partial charge < -0.3 is 4.98 Å². The van der Waals surface area contributed by atoms with Crippen molar-refractivity contribution in [3.05, 3.63) is 23.5 Å². The lowest BCUT2D eigenvalue weighted by Gasteiger charge is -1.95. The molecule has 12 heavy (non-hydrogen) atoms. The molecule has 64 valence electrons.